The van der Waals surface area contributed by atoms with Crippen molar-refractivity contribution in [3.63, 3.8) is 0 Å². The summed E-state index contributed by atoms with van der Waals surface area (Å²) in [5, 5.41) is 8.70. The summed E-state index contributed by atoms with van der Waals surface area (Å²) in [5.74, 6) is 0.794. The molecule has 0 aliphatic carbocycles. The van der Waals surface area contributed by atoms with Crippen molar-refractivity contribution in [2.24, 2.45) is 0 Å². The summed E-state index contributed by atoms with van der Waals surface area (Å²) in [4.78, 5) is 13.1. The van der Waals surface area contributed by atoms with E-state index >= 15 is 0 Å². The second-order valence-corrected chi connectivity index (χ2v) is 5.62. The molecule has 1 N–H and O–H groups in total. The van der Waals surface area contributed by atoms with Crippen molar-refractivity contribution in [2.45, 2.75) is 6.42 Å². The van der Waals surface area contributed by atoms with Crippen molar-refractivity contribution >= 4 is 11.3 Å². The molecule has 0 bridgehead atoms. The quantitative estimate of drug-likeness (QED) is 0.805. The van der Waals surface area contributed by atoms with Gasteiger partial charge < -0.3 is 4.74 Å². The number of rotatable bonds is 4. The molecule has 0 amide bonds. The minimum atomic E-state index is -0.138. The van der Waals surface area contributed by atoms with Gasteiger partial charge in [-0.15, -0.1) is 11.3 Å². The standard InChI is InChI=1S/C16H14N2O2S/c1-20-13-6-4-11(5-7-13)15-10-12(16(19)18-17-15)9-14-3-2-8-21-14/h2-8,10H,9H2,1H3,(H,18,19). The van der Waals surface area contributed by atoms with Crippen LogP contribution in [0.5, 0.6) is 5.75 Å². The van der Waals surface area contributed by atoms with E-state index in [0.717, 1.165) is 27.4 Å². The minimum absolute atomic E-state index is 0.138. The monoisotopic (exact) mass is 298 g/mol. The van der Waals surface area contributed by atoms with E-state index in [9.17, 15) is 4.79 Å². The molecule has 2 heterocycles. The molecule has 21 heavy (non-hydrogen) atoms. The molecule has 0 aliphatic rings. The highest BCUT2D eigenvalue weighted by molar-refractivity contribution is 7.09. The number of methoxy groups -OCH3 is 1. The van der Waals surface area contributed by atoms with Crippen LogP contribution in [0.15, 0.2) is 52.6 Å². The molecule has 0 radical (unpaired) electrons. The van der Waals surface area contributed by atoms with Gasteiger partial charge in [0, 0.05) is 22.4 Å². The zero-order chi connectivity index (χ0) is 14.7. The Bertz CT molecular complexity index is 777. The van der Waals surface area contributed by atoms with Gasteiger partial charge in [0.25, 0.3) is 5.56 Å². The second-order valence-electron chi connectivity index (χ2n) is 4.59. The van der Waals surface area contributed by atoms with E-state index in [1.807, 2.05) is 47.8 Å². The predicted octanol–water partition coefficient (Wildman–Crippen LogP) is 3.10. The van der Waals surface area contributed by atoms with Crippen molar-refractivity contribution in [3.05, 3.63) is 68.6 Å². The molecule has 0 aliphatic heterocycles. The smallest absolute Gasteiger partial charge is 0.267 e. The van der Waals surface area contributed by atoms with E-state index in [0.29, 0.717) is 6.42 Å². The molecule has 0 saturated heterocycles. The molecule has 0 fully saturated rings. The van der Waals surface area contributed by atoms with Crippen LogP contribution in [-0.2, 0) is 6.42 Å². The van der Waals surface area contributed by atoms with Gasteiger partial charge in [0.1, 0.15) is 5.75 Å². The lowest BCUT2D eigenvalue weighted by molar-refractivity contribution is 0.415. The predicted molar refractivity (Wildman–Crippen MR) is 84.0 cm³/mol. The Morgan fingerprint density at radius 3 is 2.71 bits per heavy atom. The molecule has 4 nitrogen and oxygen atoms in total. The first-order valence-electron chi connectivity index (χ1n) is 6.51. The number of thiophene rings is 1. The molecule has 1 aromatic carbocycles. The van der Waals surface area contributed by atoms with Gasteiger partial charge in [-0.1, -0.05) is 6.07 Å². The Morgan fingerprint density at radius 1 is 1.24 bits per heavy atom. The highest BCUT2D eigenvalue weighted by atomic mass is 32.1. The zero-order valence-electron chi connectivity index (χ0n) is 11.5. The number of aromatic amines is 1. The molecule has 0 spiro atoms. The maximum atomic E-state index is 11.9. The van der Waals surface area contributed by atoms with Crippen LogP contribution in [0.2, 0.25) is 0 Å². The molecule has 106 valence electrons. The van der Waals surface area contributed by atoms with Crippen LogP contribution in [0.25, 0.3) is 11.3 Å². The van der Waals surface area contributed by atoms with Crippen molar-refractivity contribution in [2.75, 3.05) is 7.11 Å². The van der Waals surface area contributed by atoms with Crippen LogP contribution in [-0.4, -0.2) is 17.3 Å². The average Bonchev–Trinajstić information content (AvgIpc) is 3.03. The van der Waals surface area contributed by atoms with Crippen LogP contribution in [0.1, 0.15) is 10.4 Å². The number of nitrogens with one attached hydrogen (secondary N) is 1. The van der Waals surface area contributed by atoms with Crippen LogP contribution >= 0.6 is 11.3 Å². The van der Waals surface area contributed by atoms with Crippen LogP contribution in [0.4, 0.5) is 0 Å². The second kappa shape index (κ2) is 5.93. The van der Waals surface area contributed by atoms with E-state index in [2.05, 4.69) is 10.2 Å². The minimum Gasteiger partial charge on any atom is -0.497 e. The Kier molecular flexibility index (Phi) is 3.83. The Hall–Kier alpha value is -2.40. The van der Waals surface area contributed by atoms with Gasteiger partial charge >= 0.3 is 0 Å². The first-order valence-corrected chi connectivity index (χ1v) is 7.39. The van der Waals surface area contributed by atoms with Crippen LogP contribution in [0, 0.1) is 0 Å². The summed E-state index contributed by atoms with van der Waals surface area (Å²) in [6, 6.07) is 13.5. The van der Waals surface area contributed by atoms with Gasteiger partial charge in [0.15, 0.2) is 0 Å². The van der Waals surface area contributed by atoms with Gasteiger partial charge in [0.05, 0.1) is 12.8 Å². The summed E-state index contributed by atoms with van der Waals surface area (Å²) in [7, 11) is 1.63. The largest absolute Gasteiger partial charge is 0.497 e. The van der Waals surface area contributed by atoms with Crippen molar-refractivity contribution in [1.82, 2.24) is 10.2 Å². The molecular formula is C16H14N2O2S. The van der Waals surface area contributed by atoms with Gasteiger partial charge in [0.2, 0.25) is 0 Å². The van der Waals surface area contributed by atoms with E-state index in [1.165, 1.54) is 0 Å². The van der Waals surface area contributed by atoms with Gasteiger partial charge in [-0.3, -0.25) is 4.79 Å². The van der Waals surface area contributed by atoms with Crippen LogP contribution in [0.3, 0.4) is 0 Å². The number of hydrogen-bond donors (Lipinski definition) is 1. The molecule has 3 aromatic rings. The van der Waals surface area contributed by atoms with E-state index in [-0.39, 0.29) is 5.56 Å². The zero-order valence-corrected chi connectivity index (χ0v) is 12.3. The van der Waals surface area contributed by atoms with Crippen molar-refractivity contribution < 1.29 is 4.74 Å². The number of hydrogen-bond acceptors (Lipinski definition) is 4. The topological polar surface area (TPSA) is 55.0 Å². The third-order valence-electron chi connectivity index (χ3n) is 3.21. The molecule has 0 atom stereocenters. The highest BCUT2D eigenvalue weighted by Gasteiger charge is 2.07. The van der Waals surface area contributed by atoms with Crippen molar-refractivity contribution in [1.29, 1.82) is 0 Å². The molecule has 5 heteroatoms. The average molecular weight is 298 g/mol. The summed E-state index contributed by atoms with van der Waals surface area (Å²) in [5.41, 5.74) is 2.28. The summed E-state index contributed by atoms with van der Waals surface area (Å²) in [6.07, 6.45) is 0.624. The maximum Gasteiger partial charge on any atom is 0.267 e. The highest BCUT2D eigenvalue weighted by Crippen LogP contribution is 2.21. The molecule has 0 unspecified atom stereocenters. The third-order valence-corrected chi connectivity index (χ3v) is 4.09. The normalized spacial score (nSPS) is 10.5. The summed E-state index contributed by atoms with van der Waals surface area (Å²) in [6.45, 7) is 0. The van der Waals surface area contributed by atoms with E-state index in [4.69, 9.17) is 4.74 Å². The Labute approximate surface area is 126 Å². The molecule has 3 rings (SSSR count). The Morgan fingerprint density at radius 2 is 2.05 bits per heavy atom. The van der Waals surface area contributed by atoms with Crippen LogP contribution < -0.4 is 10.3 Å². The van der Waals surface area contributed by atoms with Gasteiger partial charge in [-0.2, -0.15) is 5.10 Å². The SMILES string of the molecule is COc1ccc(-c2cc(Cc3cccs3)c(=O)[nH]n2)cc1. The lowest BCUT2D eigenvalue weighted by Crippen LogP contribution is -2.14. The lowest BCUT2D eigenvalue weighted by atomic mass is 10.1. The number of H-pyrrole nitrogens is 1. The summed E-state index contributed by atoms with van der Waals surface area (Å²) >= 11 is 1.64. The third kappa shape index (κ3) is 3.03. The number of ether oxygens (including phenoxy) is 1. The van der Waals surface area contributed by atoms with Gasteiger partial charge in [-0.25, -0.2) is 5.10 Å². The lowest BCUT2D eigenvalue weighted by Gasteiger charge is -2.04. The first kappa shape index (κ1) is 13.6. The summed E-state index contributed by atoms with van der Waals surface area (Å²) < 4.78 is 5.14. The van der Waals surface area contributed by atoms with E-state index < -0.39 is 0 Å². The Balaban J connectivity index is 1.94. The molecule has 2 aromatic heterocycles. The first-order chi connectivity index (χ1) is 10.3. The molecule has 0 saturated carbocycles. The number of aromatic nitrogens is 2. The number of benzene rings is 1. The fourth-order valence-corrected chi connectivity index (χ4v) is 2.82. The van der Waals surface area contributed by atoms with E-state index in [1.54, 1.807) is 18.4 Å². The maximum absolute atomic E-state index is 11.9. The fourth-order valence-electron chi connectivity index (χ4n) is 2.09. The van der Waals surface area contributed by atoms with Gasteiger partial charge in [-0.05, 0) is 41.8 Å². The molecular weight excluding hydrogens is 284 g/mol. The fraction of sp³-hybridized carbons (Fsp3) is 0.125. The number of nitrogens with zero attached hydrogens (tertiary/aromatic N) is 1. The van der Waals surface area contributed by atoms with Crippen molar-refractivity contribution in [3.8, 4) is 17.0 Å².